The molecule has 0 atom stereocenters. The highest BCUT2D eigenvalue weighted by Crippen LogP contribution is 2.29. The second-order valence-electron chi connectivity index (χ2n) is 4.84. The van der Waals surface area contributed by atoms with Gasteiger partial charge in [0.1, 0.15) is 5.75 Å². The van der Waals surface area contributed by atoms with Crippen LogP contribution in [0.5, 0.6) is 17.2 Å². The van der Waals surface area contributed by atoms with Gasteiger partial charge in [-0.3, -0.25) is 4.79 Å². The molecule has 0 bridgehead atoms. The van der Waals surface area contributed by atoms with Gasteiger partial charge in [0.05, 0.1) is 14.2 Å². The lowest BCUT2D eigenvalue weighted by molar-refractivity contribution is -0.111. The number of hydrogen-bond acceptors (Lipinski definition) is 4. The van der Waals surface area contributed by atoms with Crippen LogP contribution in [0.2, 0.25) is 0 Å². The fourth-order valence-electron chi connectivity index (χ4n) is 2.03. The Labute approximate surface area is 143 Å². The Bertz CT molecular complexity index is 745. The number of alkyl halides is 2. The van der Waals surface area contributed by atoms with E-state index in [0.29, 0.717) is 22.7 Å². The predicted molar refractivity (Wildman–Crippen MR) is 90.3 cm³/mol. The summed E-state index contributed by atoms with van der Waals surface area (Å²) in [6.45, 7) is -2.87. The van der Waals surface area contributed by atoms with E-state index in [1.165, 1.54) is 32.4 Å². The van der Waals surface area contributed by atoms with E-state index in [9.17, 15) is 13.6 Å². The molecule has 2 aromatic rings. The number of ether oxygens (including phenoxy) is 3. The molecule has 2 aromatic carbocycles. The molecule has 1 amide bonds. The van der Waals surface area contributed by atoms with Crippen LogP contribution < -0.4 is 19.5 Å². The quantitative estimate of drug-likeness (QED) is 0.769. The molecule has 0 spiro atoms. The summed E-state index contributed by atoms with van der Waals surface area (Å²) in [7, 11) is 3.03. The molecular formula is C18H17F2NO4. The molecule has 0 saturated carbocycles. The van der Waals surface area contributed by atoms with Gasteiger partial charge in [0, 0.05) is 17.8 Å². The zero-order valence-corrected chi connectivity index (χ0v) is 13.7. The molecule has 0 aromatic heterocycles. The number of anilines is 1. The Morgan fingerprint density at radius 1 is 1.04 bits per heavy atom. The van der Waals surface area contributed by atoms with E-state index in [0.717, 1.165) is 0 Å². The maximum absolute atomic E-state index is 12.1. The number of amides is 1. The molecule has 0 heterocycles. The Kier molecular flexibility index (Phi) is 6.33. The topological polar surface area (TPSA) is 56.8 Å². The van der Waals surface area contributed by atoms with Crippen molar-refractivity contribution in [2.75, 3.05) is 19.5 Å². The molecule has 7 heteroatoms. The van der Waals surface area contributed by atoms with Crippen molar-refractivity contribution in [1.82, 2.24) is 0 Å². The van der Waals surface area contributed by atoms with Gasteiger partial charge in [0.2, 0.25) is 5.91 Å². The fraction of sp³-hybridized carbons (Fsp3) is 0.167. The minimum absolute atomic E-state index is 0.0573. The summed E-state index contributed by atoms with van der Waals surface area (Å²) in [6, 6.07) is 10.9. The van der Waals surface area contributed by atoms with E-state index in [1.807, 2.05) is 0 Å². The van der Waals surface area contributed by atoms with Crippen molar-refractivity contribution in [3.8, 4) is 17.2 Å². The molecule has 0 aliphatic heterocycles. The molecule has 0 aliphatic rings. The van der Waals surface area contributed by atoms with Crippen molar-refractivity contribution in [2.45, 2.75) is 6.61 Å². The minimum Gasteiger partial charge on any atom is -0.493 e. The van der Waals surface area contributed by atoms with Gasteiger partial charge in [-0.1, -0.05) is 12.1 Å². The summed E-state index contributed by atoms with van der Waals surface area (Å²) in [5, 5.41) is 2.69. The molecule has 25 heavy (non-hydrogen) atoms. The number of benzene rings is 2. The van der Waals surface area contributed by atoms with Crippen LogP contribution in [0.25, 0.3) is 6.08 Å². The van der Waals surface area contributed by atoms with E-state index < -0.39 is 6.61 Å². The van der Waals surface area contributed by atoms with Gasteiger partial charge in [0.25, 0.3) is 0 Å². The lowest BCUT2D eigenvalue weighted by atomic mass is 10.2. The predicted octanol–water partition coefficient (Wildman–Crippen LogP) is 3.96. The molecule has 0 unspecified atom stereocenters. The first-order chi connectivity index (χ1) is 12.0. The summed E-state index contributed by atoms with van der Waals surface area (Å²) < 4.78 is 38.7. The van der Waals surface area contributed by atoms with Crippen molar-refractivity contribution >= 4 is 17.7 Å². The summed E-state index contributed by atoms with van der Waals surface area (Å²) >= 11 is 0. The van der Waals surface area contributed by atoms with Crippen molar-refractivity contribution in [2.24, 2.45) is 0 Å². The van der Waals surface area contributed by atoms with Crippen LogP contribution in [0.1, 0.15) is 5.56 Å². The van der Waals surface area contributed by atoms with Gasteiger partial charge >= 0.3 is 6.61 Å². The molecule has 0 saturated heterocycles. The summed E-state index contributed by atoms with van der Waals surface area (Å²) in [4.78, 5) is 12.0. The first-order valence-electron chi connectivity index (χ1n) is 7.28. The normalized spacial score (nSPS) is 10.8. The van der Waals surface area contributed by atoms with E-state index in [-0.39, 0.29) is 11.7 Å². The first kappa shape index (κ1) is 18.3. The number of carbonyl (C=O) groups is 1. The van der Waals surface area contributed by atoms with Crippen LogP contribution in [-0.4, -0.2) is 26.7 Å². The zero-order chi connectivity index (χ0) is 18.2. The third-order valence-electron chi connectivity index (χ3n) is 3.18. The highest BCUT2D eigenvalue weighted by molar-refractivity contribution is 6.02. The van der Waals surface area contributed by atoms with Crippen molar-refractivity contribution in [3.05, 3.63) is 54.1 Å². The number of halogens is 2. The van der Waals surface area contributed by atoms with Gasteiger partial charge in [-0.2, -0.15) is 8.78 Å². The third-order valence-corrected chi connectivity index (χ3v) is 3.18. The third kappa shape index (κ3) is 5.49. The summed E-state index contributed by atoms with van der Waals surface area (Å²) in [5.74, 6) is 0.767. The van der Waals surface area contributed by atoms with Crippen LogP contribution in [-0.2, 0) is 4.79 Å². The number of hydrogen-bond donors (Lipinski definition) is 1. The minimum atomic E-state index is -2.87. The van der Waals surface area contributed by atoms with Gasteiger partial charge in [-0.25, -0.2) is 0 Å². The van der Waals surface area contributed by atoms with Gasteiger partial charge < -0.3 is 19.5 Å². The van der Waals surface area contributed by atoms with Crippen LogP contribution >= 0.6 is 0 Å². The second kappa shape index (κ2) is 8.68. The Morgan fingerprint density at radius 2 is 1.72 bits per heavy atom. The number of methoxy groups -OCH3 is 2. The second-order valence-corrected chi connectivity index (χ2v) is 4.84. The Hall–Kier alpha value is -3.09. The first-order valence-corrected chi connectivity index (χ1v) is 7.28. The van der Waals surface area contributed by atoms with E-state index in [4.69, 9.17) is 9.47 Å². The molecule has 1 N–H and O–H groups in total. The van der Waals surface area contributed by atoms with E-state index >= 15 is 0 Å². The van der Waals surface area contributed by atoms with Crippen LogP contribution in [0.4, 0.5) is 14.5 Å². The average Bonchev–Trinajstić information content (AvgIpc) is 2.60. The lowest BCUT2D eigenvalue weighted by Crippen LogP contribution is -2.08. The standard InChI is InChI=1S/C18H17F2NO4/c1-23-15-9-6-13(11-16(15)24-2)21-17(22)10-5-12-3-7-14(8-4-12)25-18(19)20/h3-11,18H,1-2H3,(H,21,22). The molecule has 0 aliphatic carbocycles. The Balaban J connectivity index is 1.98. The van der Waals surface area contributed by atoms with Crippen LogP contribution in [0.3, 0.4) is 0 Å². The average molecular weight is 349 g/mol. The lowest BCUT2D eigenvalue weighted by Gasteiger charge is -2.09. The zero-order valence-electron chi connectivity index (χ0n) is 13.7. The van der Waals surface area contributed by atoms with Crippen LogP contribution in [0.15, 0.2) is 48.5 Å². The number of rotatable bonds is 7. The SMILES string of the molecule is COc1ccc(NC(=O)C=Cc2ccc(OC(F)F)cc2)cc1OC. The van der Waals surface area contributed by atoms with Crippen LogP contribution in [0, 0.1) is 0 Å². The summed E-state index contributed by atoms with van der Waals surface area (Å²) in [5.41, 5.74) is 1.22. The molecular weight excluding hydrogens is 332 g/mol. The Morgan fingerprint density at radius 3 is 2.32 bits per heavy atom. The van der Waals surface area contributed by atoms with Gasteiger partial charge in [0.15, 0.2) is 11.5 Å². The van der Waals surface area contributed by atoms with E-state index in [2.05, 4.69) is 10.1 Å². The molecule has 132 valence electrons. The van der Waals surface area contributed by atoms with Gasteiger partial charge in [-0.15, -0.1) is 0 Å². The maximum atomic E-state index is 12.1. The largest absolute Gasteiger partial charge is 0.493 e. The number of nitrogens with one attached hydrogen (secondary N) is 1. The number of carbonyl (C=O) groups excluding carboxylic acids is 1. The highest BCUT2D eigenvalue weighted by Gasteiger charge is 2.06. The molecule has 0 fully saturated rings. The van der Waals surface area contributed by atoms with Crippen molar-refractivity contribution in [1.29, 1.82) is 0 Å². The summed E-state index contributed by atoms with van der Waals surface area (Å²) in [6.07, 6.45) is 2.89. The van der Waals surface area contributed by atoms with Gasteiger partial charge in [-0.05, 0) is 35.9 Å². The monoisotopic (exact) mass is 349 g/mol. The molecule has 5 nitrogen and oxygen atoms in total. The van der Waals surface area contributed by atoms with E-state index in [1.54, 1.807) is 36.4 Å². The van der Waals surface area contributed by atoms with Crippen molar-refractivity contribution < 1.29 is 27.8 Å². The molecule has 2 rings (SSSR count). The highest BCUT2D eigenvalue weighted by atomic mass is 19.3. The molecule has 0 radical (unpaired) electrons. The smallest absolute Gasteiger partial charge is 0.387 e. The maximum Gasteiger partial charge on any atom is 0.387 e. The van der Waals surface area contributed by atoms with Crippen molar-refractivity contribution in [3.63, 3.8) is 0 Å². The fourth-order valence-corrected chi connectivity index (χ4v) is 2.03.